The minimum absolute atomic E-state index is 0. The Morgan fingerprint density at radius 1 is 0.700 bits per heavy atom. The fourth-order valence-electron chi connectivity index (χ4n) is 7.55. The van der Waals surface area contributed by atoms with Crippen LogP contribution in [-0.4, -0.2) is 15.1 Å². The second-order valence-electron chi connectivity index (χ2n) is 17.3. The summed E-state index contributed by atoms with van der Waals surface area (Å²) in [7, 11) is 0. The van der Waals surface area contributed by atoms with Gasteiger partial charge in [0.15, 0.2) is 0 Å². The zero-order valence-electron chi connectivity index (χ0n) is 31.2. The van der Waals surface area contributed by atoms with E-state index < -0.39 is 0 Å². The third kappa shape index (κ3) is 5.74. The maximum atomic E-state index is 11.9. The number of aromatic nitrogens is 2. The summed E-state index contributed by atoms with van der Waals surface area (Å²) in [6.45, 7) is 24.4. The van der Waals surface area contributed by atoms with Crippen LogP contribution >= 0.6 is 0 Å². The quantitative estimate of drug-likeness (QED) is 0.139. The van der Waals surface area contributed by atoms with Gasteiger partial charge in [-0.05, 0) is 78.7 Å². The van der Waals surface area contributed by atoms with Gasteiger partial charge in [0.25, 0.3) is 0 Å². The van der Waals surface area contributed by atoms with Crippen molar-refractivity contribution in [3.63, 3.8) is 0 Å². The van der Waals surface area contributed by atoms with E-state index in [9.17, 15) is 5.11 Å². The van der Waals surface area contributed by atoms with Crippen LogP contribution in [0.2, 0.25) is 0 Å². The second kappa shape index (κ2) is 12.1. The van der Waals surface area contributed by atoms with Crippen molar-refractivity contribution >= 4 is 38.9 Å². The summed E-state index contributed by atoms with van der Waals surface area (Å²) in [6, 6.07) is 32.0. The van der Waals surface area contributed by atoms with Gasteiger partial charge in [0.1, 0.15) is 17.1 Å². The number of rotatable bonds is 2. The monoisotopic (exact) mass is 841 g/mol. The molecule has 1 aliphatic rings. The van der Waals surface area contributed by atoms with Gasteiger partial charge in [-0.3, -0.25) is 4.98 Å². The predicted octanol–water partition coefficient (Wildman–Crippen LogP) is 12.0. The molecule has 0 bridgehead atoms. The van der Waals surface area contributed by atoms with Crippen molar-refractivity contribution in [2.45, 2.75) is 97.8 Å². The number of fused-ring (bicyclic) bond motifs is 5. The number of hydrogen-bond acceptors (Lipinski definition) is 4. The van der Waals surface area contributed by atoms with Gasteiger partial charge >= 0.3 is 0 Å². The molecule has 0 unspecified atom stereocenters. The minimum Gasteiger partial charge on any atom is -0.505 e. The Labute approximate surface area is 312 Å². The van der Waals surface area contributed by atoms with Gasteiger partial charge in [0, 0.05) is 43.9 Å². The second-order valence-corrected chi connectivity index (χ2v) is 17.3. The Kier molecular flexibility index (Phi) is 8.63. The average Bonchev–Trinajstić information content (AvgIpc) is 3.03. The number of para-hydroxylation sites is 1. The summed E-state index contributed by atoms with van der Waals surface area (Å²) < 4.78 is 0. The molecule has 0 aliphatic carbocycles. The molecule has 1 N–H and O–H groups in total. The van der Waals surface area contributed by atoms with Gasteiger partial charge in [-0.1, -0.05) is 130 Å². The number of phenols is 1. The molecule has 7 rings (SSSR count). The first-order valence-corrected chi connectivity index (χ1v) is 17.4. The van der Waals surface area contributed by atoms with Crippen molar-refractivity contribution < 1.29 is 26.2 Å². The van der Waals surface area contributed by atoms with Crippen molar-refractivity contribution in [1.29, 1.82) is 0 Å². The molecule has 50 heavy (non-hydrogen) atoms. The fourth-order valence-corrected chi connectivity index (χ4v) is 7.55. The van der Waals surface area contributed by atoms with E-state index in [4.69, 9.17) is 9.97 Å². The molecule has 260 valence electrons. The Morgan fingerprint density at radius 2 is 1.40 bits per heavy atom. The third-order valence-corrected chi connectivity index (χ3v) is 10.3. The number of hydrogen-bond donors (Lipinski definition) is 1. The Hall–Kier alpha value is -4.01. The van der Waals surface area contributed by atoms with Crippen molar-refractivity contribution in [3.8, 4) is 17.0 Å². The molecule has 0 saturated carbocycles. The number of benzene rings is 4. The molecule has 2 aromatic heterocycles. The van der Waals surface area contributed by atoms with E-state index in [2.05, 4.69) is 166 Å². The van der Waals surface area contributed by atoms with Gasteiger partial charge in [0.05, 0.1) is 0 Å². The molecule has 1 aliphatic heterocycles. The van der Waals surface area contributed by atoms with Gasteiger partial charge in [-0.15, -0.1) is 23.8 Å². The zero-order chi connectivity index (χ0) is 35.3. The summed E-state index contributed by atoms with van der Waals surface area (Å²) in [4.78, 5) is 12.6. The fraction of sp³-hybridized carbons (Fsp3) is 0.333. The van der Waals surface area contributed by atoms with Crippen LogP contribution in [0.4, 0.5) is 17.2 Å². The van der Waals surface area contributed by atoms with Crippen LogP contribution in [0.5, 0.6) is 5.75 Å². The molecule has 0 fully saturated rings. The summed E-state index contributed by atoms with van der Waals surface area (Å²) >= 11 is 0. The maximum Gasteiger partial charge on any atom is 0.144 e. The summed E-state index contributed by atoms with van der Waals surface area (Å²) in [5.74, 6) is 1.11. The first kappa shape index (κ1) is 35.8. The van der Waals surface area contributed by atoms with Crippen LogP contribution < -0.4 is 4.90 Å². The van der Waals surface area contributed by atoms with E-state index in [1.165, 1.54) is 22.3 Å². The van der Waals surface area contributed by atoms with Crippen molar-refractivity contribution in [3.05, 3.63) is 119 Å². The third-order valence-electron chi connectivity index (χ3n) is 10.3. The van der Waals surface area contributed by atoms with E-state index in [1.54, 1.807) is 0 Å². The van der Waals surface area contributed by atoms with Crippen molar-refractivity contribution in [2.24, 2.45) is 0 Å². The van der Waals surface area contributed by atoms with Crippen LogP contribution in [0.25, 0.3) is 32.9 Å². The largest absolute Gasteiger partial charge is 0.505 e. The number of nitrogens with zero attached hydrogens (tertiary/aromatic N) is 3. The molecule has 0 spiro atoms. The molecular weight excluding hydrogens is 794 g/mol. The number of aromatic hydroxyl groups is 1. The Balaban J connectivity index is 0.00000432. The smallest absolute Gasteiger partial charge is 0.144 e. The van der Waals surface area contributed by atoms with Gasteiger partial charge in [-0.2, -0.15) is 0 Å². The molecule has 0 saturated heterocycles. The summed E-state index contributed by atoms with van der Waals surface area (Å²) in [5, 5.41) is 15.0. The molecule has 3 heterocycles. The molecule has 0 amide bonds. The Morgan fingerprint density at radius 3 is 2.08 bits per heavy atom. The van der Waals surface area contributed by atoms with Crippen LogP contribution in [0.1, 0.15) is 104 Å². The van der Waals surface area contributed by atoms with Crippen LogP contribution in [0, 0.1) is 6.07 Å². The molecule has 0 radical (unpaired) electrons. The molecule has 4 aromatic carbocycles. The van der Waals surface area contributed by atoms with E-state index >= 15 is 0 Å². The zero-order valence-corrected chi connectivity index (χ0v) is 33.5. The van der Waals surface area contributed by atoms with Gasteiger partial charge in [-0.25, -0.2) is 4.98 Å². The van der Waals surface area contributed by atoms with Crippen molar-refractivity contribution in [1.82, 2.24) is 9.97 Å². The van der Waals surface area contributed by atoms with E-state index in [0.717, 1.165) is 50.2 Å². The molecule has 5 heteroatoms. The number of pyridine rings is 2. The standard InChI is InChI=1S/C45H48N3O.Pt/c1-42(2,3)28-23-24-46-37(26-28)48-35-18-13-12-16-31(35)45(10,11)32-21-19-27(25-36(32)48)39-29-15-14-17-33(43(4,5)6)38(29)30-20-22-34(44(7,8)9)41(49)40(30)47-39;/h12-24,26,49H,1-11H3;/q-1;. The topological polar surface area (TPSA) is 49.2 Å². The maximum absolute atomic E-state index is 11.9. The first-order chi connectivity index (χ1) is 22.9. The summed E-state index contributed by atoms with van der Waals surface area (Å²) in [6.07, 6.45) is 1.92. The Bertz CT molecular complexity index is 2280. The number of anilines is 3. The molecular formula is C45H48N3OPt-. The summed E-state index contributed by atoms with van der Waals surface area (Å²) in [5.41, 5.74) is 9.46. The molecule has 4 nitrogen and oxygen atoms in total. The van der Waals surface area contributed by atoms with E-state index in [-0.39, 0.29) is 48.5 Å². The van der Waals surface area contributed by atoms with E-state index in [0.29, 0.717) is 5.52 Å². The van der Waals surface area contributed by atoms with Gasteiger partial charge < -0.3 is 10.0 Å². The average molecular weight is 842 g/mol. The minimum atomic E-state index is -0.267. The molecule has 0 atom stereocenters. The predicted molar refractivity (Wildman–Crippen MR) is 206 cm³/mol. The normalized spacial score (nSPS) is 14.3. The number of phenolic OH excluding ortho intramolecular Hbond substituents is 1. The van der Waals surface area contributed by atoms with Gasteiger partial charge in [0.2, 0.25) is 0 Å². The van der Waals surface area contributed by atoms with Crippen LogP contribution in [0.3, 0.4) is 0 Å². The molecule has 6 aromatic rings. The van der Waals surface area contributed by atoms with E-state index in [1.807, 2.05) is 6.20 Å². The first-order valence-electron chi connectivity index (χ1n) is 17.4. The van der Waals surface area contributed by atoms with Crippen molar-refractivity contribution in [2.75, 3.05) is 4.90 Å². The van der Waals surface area contributed by atoms with Crippen LogP contribution in [-0.2, 0) is 42.7 Å². The SMILES string of the molecule is CC(C)(C)c1ccnc(N2c3[c-]c(-c4nc5c(O)c(C(C)(C)C)ccc5c5c(C(C)(C)C)cccc45)ccc3C(C)(C)c3ccccc32)c1.[Pt]. The van der Waals surface area contributed by atoms with Crippen LogP contribution in [0.15, 0.2) is 85.1 Å².